The van der Waals surface area contributed by atoms with E-state index < -0.39 is 0 Å². The number of pyridine rings is 1. The molecule has 0 bridgehead atoms. The van der Waals surface area contributed by atoms with E-state index in [9.17, 15) is 0 Å². The van der Waals surface area contributed by atoms with Crippen LogP contribution in [0.2, 0.25) is 0 Å². The minimum Gasteiger partial charge on any atom is -0.249 e. The fourth-order valence-electron chi connectivity index (χ4n) is 1.46. The highest BCUT2D eigenvalue weighted by Crippen LogP contribution is 2.32. The molecule has 1 aromatic heterocycles. The Morgan fingerprint density at radius 3 is 2.94 bits per heavy atom. The number of halogens is 2. The topological polar surface area (TPSA) is 12.9 Å². The minimum absolute atomic E-state index is 0.374. The summed E-state index contributed by atoms with van der Waals surface area (Å²) in [6, 6.07) is 8.19. The number of fused-ring (bicyclic) bond motifs is 1. The molecule has 0 spiro atoms. The molecule has 84 valence electrons. The van der Waals surface area contributed by atoms with Gasteiger partial charge in [-0.05, 0) is 12.1 Å². The van der Waals surface area contributed by atoms with E-state index in [0.717, 1.165) is 9.50 Å². The molecule has 0 fully saturated rings. The molecule has 4 heteroatoms. The molecule has 16 heavy (non-hydrogen) atoms. The summed E-state index contributed by atoms with van der Waals surface area (Å²) < 4.78 is 1.10. The lowest BCUT2D eigenvalue weighted by atomic mass is 10.2. The van der Waals surface area contributed by atoms with E-state index in [1.54, 1.807) is 11.8 Å². The van der Waals surface area contributed by atoms with Gasteiger partial charge >= 0.3 is 0 Å². The van der Waals surface area contributed by atoms with E-state index >= 15 is 0 Å². The van der Waals surface area contributed by atoms with Crippen molar-refractivity contribution in [3.05, 3.63) is 34.9 Å². The summed E-state index contributed by atoms with van der Waals surface area (Å²) in [7, 11) is 0. The number of benzene rings is 1. The number of aromatic nitrogens is 1. The van der Waals surface area contributed by atoms with Crippen LogP contribution in [0, 0.1) is 0 Å². The molecule has 0 aliphatic heterocycles. The predicted molar refractivity (Wildman–Crippen MR) is 75.5 cm³/mol. The summed E-state index contributed by atoms with van der Waals surface area (Å²) in [5, 5.41) is 3.80. The summed E-state index contributed by atoms with van der Waals surface area (Å²) in [6.45, 7) is 2.11. The average Bonchev–Trinajstić information content (AvgIpc) is 2.30. The second-order valence-electron chi connectivity index (χ2n) is 3.53. The molecule has 1 heterocycles. The highest BCUT2D eigenvalue weighted by atomic mass is 79.9. The number of rotatable bonds is 3. The Morgan fingerprint density at radius 2 is 2.19 bits per heavy atom. The first-order valence-electron chi connectivity index (χ1n) is 4.98. The lowest BCUT2D eigenvalue weighted by molar-refractivity contribution is 1.09. The van der Waals surface area contributed by atoms with E-state index in [1.165, 1.54) is 10.8 Å². The van der Waals surface area contributed by atoms with Crippen molar-refractivity contribution in [3.8, 4) is 0 Å². The first-order chi connectivity index (χ1) is 7.72. The summed E-state index contributed by atoms with van der Waals surface area (Å²) in [6.07, 6.45) is 1.84. The van der Waals surface area contributed by atoms with E-state index in [4.69, 9.17) is 11.6 Å². The van der Waals surface area contributed by atoms with Gasteiger partial charge in [0.1, 0.15) is 5.03 Å². The van der Waals surface area contributed by atoms with Gasteiger partial charge in [-0.2, -0.15) is 0 Å². The van der Waals surface area contributed by atoms with Crippen LogP contribution >= 0.6 is 39.3 Å². The smallest absolute Gasteiger partial charge is 0.104 e. The minimum atomic E-state index is 0.374. The maximum Gasteiger partial charge on any atom is 0.104 e. The predicted octanol–water partition coefficient (Wildman–Crippen LogP) is 4.72. The van der Waals surface area contributed by atoms with Gasteiger partial charge in [0.2, 0.25) is 0 Å². The number of thioether (sulfide) groups is 1. The molecular formula is C12H11BrClNS. The largest absolute Gasteiger partial charge is 0.249 e. The van der Waals surface area contributed by atoms with Crippen LogP contribution in [0.3, 0.4) is 0 Å². The van der Waals surface area contributed by atoms with Crippen LogP contribution in [-0.2, 0) is 0 Å². The van der Waals surface area contributed by atoms with Gasteiger partial charge in [-0.15, -0.1) is 23.4 Å². The van der Waals surface area contributed by atoms with Crippen LogP contribution in [0.5, 0.6) is 0 Å². The second kappa shape index (κ2) is 5.39. The third-order valence-corrected chi connectivity index (χ3v) is 4.70. The summed E-state index contributed by atoms with van der Waals surface area (Å²) in [5.74, 6) is 0.636. The fraction of sp³-hybridized carbons (Fsp3) is 0.250. The number of nitrogens with zero attached hydrogens (tertiary/aromatic N) is 1. The number of hydrogen-bond donors (Lipinski definition) is 0. The standard InChI is InChI=1S/C12H11BrClNS/c1-8(7-14)16-12-10-3-2-4-11(13)9(10)5-6-15-12/h2-6,8H,7H2,1H3. The summed E-state index contributed by atoms with van der Waals surface area (Å²) >= 11 is 11.1. The molecular weight excluding hydrogens is 306 g/mol. The molecule has 0 saturated carbocycles. The van der Waals surface area contributed by atoms with Gasteiger partial charge in [0.15, 0.2) is 0 Å². The van der Waals surface area contributed by atoms with Crippen molar-refractivity contribution >= 4 is 50.1 Å². The Kier molecular flexibility index (Phi) is 4.11. The molecule has 0 radical (unpaired) electrons. The van der Waals surface area contributed by atoms with Crippen molar-refractivity contribution in [2.45, 2.75) is 17.2 Å². The molecule has 0 N–H and O–H groups in total. The third kappa shape index (κ3) is 2.53. The van der Waals surface area contributed by atoms with E-state index in [0.29, 0.717) is 11.1 Å². The average molecular weight is 317 g/mol. The van der Waals surface area contributed by atoms with E-state index in [1.807, 2.05) is 24.4 Å². The van der Waals surface area contributed by atoms with Crippen molar-refractivity contribution in [1.82, 2.24) is 4.98 Å². The van der Waals surface area contributed by atoms with Gasteiger partial charge < -0.3 is 0 Å². The summed E-state index contributed by atoms with van der Waals surface area (Å²) in [4.78, 5) is 4.42. The van der Waals surface area contributed by atoms with Gasteiger partial charge in [0.05, 0.1) is 0 Å². The fourth-order valence-corrected chi connectivity index (χ4v) is 3.02. The molecule has 1 atom stereocenters. The van der Waals surface area contributed by atoms with Crippen molar-refractivity contribution < 1.29 is 0 Å². The molecule has 0 aliphatic carbocycles. The van der Waals surface area contributed by atoms with Gasteiger partial charge in [0.25, 0.3) is 0 Å². The Labute approximate surface area is 113 Å². The Morgan fingerprint density at radius 1 is 1.38 bits per heavy atom. The Balaban J connectivity index is 2.50. The first-order valence-corrected chi connectivity index (χ1v) is 7.19. The van der Waals surface area contributed by atoms with Crippen molar-refractivity contribution in [2.75, 3.05) is 5.88 Å². The zero-order chi connectivity index (χ0) is 11.5. The maximum absolute atomic E-state index is 5.83. The maximum atomic E-state index is 5.83. The molecule has 1 nitrogen and oxygen atoms in total. The van der Waals surface area contributed by atoms with Crippen LogP contribution in [0.1, 0.15) is 6.92 Å². The molecule has 0 amide bonds. The molecule has 1 unspecified atom stereocenters. The quantitative estimate of drug-likeness (QED) is 0.600. The van der Waals surface area contributed by atoms with Gasteiger partial charge in [0, 0.05) is 32.6 Å². The lowest BCUT2D eigenvalue weighted by Gasteiger charge is -2.09. The van der Waals surface area contributed by atoms with Gasteiger partial charge in [-0.25, -0.2) is 4.98 Å². The first kappa shape index (κ1) is 12.2. The van der Waals surface area contributed by atoms with Crippen LogP contribution in [0.15, 0.2) is 40.0 Å². The van der Waals surface area contributed by atoms with Crippen molar-refractivity contribution in [1.29, 1.82) is 0 Å². The second-order valence-corrected chi connectivity index (χ2v) is 6.12. The van der Waals surface area contributed by atoms with Gasteiger partial charge in [-0.1, -0.05) is 35.0 Å². The Bertz CT molecular complexity index is 503. The summed E-state index contributed by atoms with van der Waals surface area (Å²) in [5.41, 5.74) is 0. The van der Waals surface area contributed by atoms with Crippen molar-refractivity contribution in [2.24, 2.45) is 0 Å². The van der Waals surface area contributed by atoms with Crippen LogP contribution in [0.4, 0.5) is 0 Å². The molecule has 2 aromatic rings. The lowest BCUT2D eigenvalue weighted by Crippen LogP contribution is -1.98. The van der Waals surface area contributed by atoms with Gasteiger partial charge in [-0.3, -0.25) is 0 Å². The number of hydrogen-bond acceptors (Lipinski definition) is 2. The van der Waals surface area contributed by atoms with Crippen LogP contribution in [0.25, 0.3) is 10.8 Å². The van der Waals surface area contributed by atoms with E-state index in [2.05, 4.69) is 33.9 Å². The third-order valence-electron chi connectivity index (χ3n) is 2.25. The molecule has 0 saturated heterocycles. The molecule has 0 aliphatic rings. The van der Waals surface area contributed by atoms with Crippen LogP contribution < -0.4 is 0 Å². The highest BCUT2D eigenvalue weighted by molar-refractivity contribution is 9.10. The van der Waals surface area contributed by atoms with Crippen molar-refractivity contribution in [3.63, 3.8) is 0 Å². The molecule has 2 rings (SSSR count). The van der Waals surface area contributed by atoms with Crippen LogP contribution in [-0.4, -0.2) is 16.1 Å². The monoisotopic (exact) mass is 315 g/mol. The molecule has 1 aromatic carbocycles. The zero-order valence-electron chi connectivity index (χ0n) is 8.78. The SMILES string of the molecule is CC(CCl)Sc1nccc2c(Br)cccc12. The number of alkyl halides is 1. The Hall–Kier alpha value is -0.250. The highest BCUT2D eigenvalue weighted by Gasteiger charge is 2.08. The van der Waals surface area contributed by atoms with E-state index in [-0.39, 0.29) is 0 Å². The normalized spacial score (nSPS) is 12.9. The zero-order valence-corrected chi connectivity index (χ0v) is 11.9.